The molecule has 1 aromatic heterocycles. The lowest BCUT2D eigenvalue weighted by Crippen LogP contribution is -1.86. The topological polar surface area (TPSA) is 0 Å². The predicted molar refractivity (Wildman–Crippen MR) is 91.9 cm³/mol. The third-order valence-corrected chi connectivity index (χ3v) is 4.62. The lowest BCUT2D eigenvalue weighted by Gasteiger charge is -2.08. The molecule has 1 heterocycles. The molecule has 0 atom stereocenters. The maximum atomic E-state index is 3.52. The molecule has 20 heavy (non-hydrogen) atoms. The molecule has 98 valence electrons. The van der Waals surface area contributed by atoms with Gasteiger partial charge in [-0.15, -0.1) is 11.3 Å². The maximum absolute atomic E-state index is 3.52. The van der Waals surface area contributed by atoms with Gasteiger partial charge >= 0.3 is 0 Å². The molecule has 0 spiro atoms. The molecule has 0 N–H and O–H groups in total. The molecule has 0 amide bonds. The zero-order valence-electron chi connectivity index (χ0n) is 10.8. The summed E-state index contributed by atoms with van der Waals surface area (Å²) in [7, 11) is 0. The SMILES string of the molecule is Brc1ccc(C=C(c2ccccc2)c2ccccc2)s1. The number of benzene rings is 2. The van der Waals surface area contributed by atoms with E-state index in [0.717, 1.165) is 3.79 Å². The lowest BCUT2D eigenvalue weighted by atomic mass is 9.97. The van der Waals surface area contributed by atoms with Crippen molar-refractivity contribution >= 4 is 38.9 Å². The average Bonchev–Trinajstić information content (AvgIpc) is 2.92. The molecule has 0 aliphatic carbocycles. The zero-order valence-corrected chi connectivity index (χ0v) is 13.2. The van der Waals surface area contributed by atoms with E-state index in [-0.39, 0.29) is 0 Å². The van der Waals surface area contributed by atoms with Crippen LogP contribution in [0.5, 0.6) is 0 Å². The summed E-state index contributed by atoms with van der Waals surface area (Å²) < 4.78 is 1.16. The summed E-state index contributed by atoms with van der Waals surface area (Å²) in [5.41, 5.74) is 3.73. The standard InChI is InChI=1S/C18H13BrS/c19-18-12-11-16(20-18)13-17(14-7-3-1-4-8-14)15-9-5-2-6-10-15/h1-13H. The van der Waals surface area contributed by atoms with Crippen molar-refractivity contribution < 1.29 is 0 Å². The van der Waals surface area contributed by atoms with Crippen LogP contribution < -0.4 is 0 Å². The molecular formula is C18H13BrS. The van der Waals surface area contributed by atoms with E-state index in [1.165, 1.54) is 21.6 Å². The van der Waals surface area contributed by atoms with E-state index in [0.29, 0.717) is 0 Å². The first kappa shape index (κ1) is 13.3. The second kappa shape index (κ2) is 6.21. The Hall–Kier alpha value is -1.64. The third-order valence-electron chi connectivity index (χ3n) is 3.05. The molecule has 0 unspecified atom stereocenters. The Morgan fingerprint density at radius 2 is 1.30 bits per heavy atom. The Morgan fingerprint density at radius 3 is 1.75 bits per heavy atom. The van der Waals surface area contributed by atoms with E-state index in [2.05, 4.69) is 82.7 Å². The van der Waals surface area contributed by atoms with Crippen LogP contribution in [0.2, 0.25) is 0 Å². The fourth-order valence-electron chi connectivity index (χ4n) is 2.12. The van der Waals surface area contributed by atoms with E-state index < -0.39 is 0 Å². The monoisotopic (exact) mass is 340 g/mol. The normalized spacial score (nSPS) is 10.2. The quantitative estimate of drug-likeness (QED) is 0.540. The Bertz CT molecular complexity index is 670. The first-order valence-corrected chi connectivity index (χ1v) is 8.02. The van der Waals surface area contributed by atoms with E-state index in [1.807, 2.05) is 12.1 Å². The van der Waals surface area contributed by atoms with Crippen LogP contribution in [0.1, 0.15) is 16.0 Å². The predicted octanol–water partition coefficient (Wildman–Crippen LogP) is 6.10. The molecule has 2 aromatic carbocycles. The van der Waals surface area contributed by atoms with Crippen molar-refractivity contribution in [2.24, 2.45) is 0 Å². The first-order valence-electron chi connectivity index (χ1n) is 6.41. The second-order valence-corrected chi connectivity index (χ2v) is 6.93. The van der Waals surface area contributed by atoms with E-state index in [9.17, 15) is 0 Å². The van der Waals surface area contributed by atoms with Gasteiger partial charge in [0.05, 0.1) is 3.79 Å². The van der Waals surface area contributed by atoms with Crippen LogP contribution in [0.3, 0.4) is 0 Å². The summed E-state index contributed by atoms with van der Waals surface area (Å²) in [6, 6.07) is 25.3. The third kappa shape index (κ3) is 3.09. The molecule has 3 aromatic rings. The summed E-state index contributed by atoms with van der Waals surface area (Å²) >= 11 is 5.27. The largest absolute Gasteiger partial charge is 0.129 e. The van der Waals surface area contributed by atoms with Crippen molar-refractivity contribution in [1.29, 1.82) is 0 Å². The highest BCUT2D eigenvalue weighted by molar-refractivity contribution is 9.11. The highest BCUT2D eigenvalue weighted by Crippen LogP contribution is 2.30. The van der Waals surface area contributed by atoms with Gasteiger partial charge in [-0.2, -0.15) is 0 Å². The fourth-order valence-corrected chi connectivity index (χ4v) is 3.48. The molecule has 0 nitrogen and oxygen atoms in total. The summed E-state index contributed by atoms with van der Waals surface area (Å²) in [4.78, 5) is 1.25. The van der Waals surface area contributed by atoms with Crippen molar-refractivity contribution in [3.8, 4) is 0 Å². The highest BCUT2D eigenvalue weighted by atomic mass is 79.9. The lowest BCUT2D eigenvalue weighted by molar-refractivity contribution is 1.56. The minimum Gasteiger partial charge on any atom is -0.129 e. The molecule has 3 rings (SSSR count). The van der Waals surface area contributed by atoms with Crippen LogP contribution in [0.25, 0.3) is 11.6 Å². The van der Waals surface area contributed by atoms with Gasteiger partial charge in [-0.3, -0.25) is 0 Å². The summed E-state index contributed by atoms with van der Waals surface area (Å²) in [5, 5.41) is 0. The van der Waals surface area contributed by atoms with Gasteiger partial charge in [0.25, 0.3) is 0 Å². The zero-order chi connectivity index (χ0) is 13.8. The van der Waals surface area contributed by atoms with Crippen LogP contribution in [0.15, 0.2) is 76.6 Å². The van der Waals surface area contributed by atoms with Crippen molar-refractivity contribution in [2.75, 3.05) is 0 Å². The Kier molecular flexibility index (Phi) is 4.14. The smallest absolute Gasteiger partial charge is 0.0704 e. The molecule has 0 fully saturated rings. The van der Waals surface area contributed by atoms with Crippen molar-refractivity contribution in [3.63, 3.8) is 0 Å². The van der Waals surface area contributed by atoms with Crippen molar-refractivity contribution in [2.45, 2.75) is 0 Å². The molecule has 0 bridgehead atoms. The number of thiophene rings is 1. The first-order chi connectivity index (χ1) is 9.83. The molecule has 0 saturated heterocycles. The number of hydrogen-bond acceptors (Lipinski definition) is 1. The average molecular weight is 341 g/mol. The Labute approximate surface area is 131 Å². The highest BCUT2D eigenvalue weighted by Gasteiger charge is 2.05. The molecule has 0 aliphatic rings. The van der Waals surface area contributed by atoms with E-state index in [1.54, 1.807) is 11.3 Å². The summed E-state index contributed by atoms with van der Waals surface area (Å²) in [6.07, 6.45) is 2.25. The van der Waals surface area contributed by atoms with Gasteiger partial charge in [-0.1, -0.05) is 60.7 Å². The van der Waals surface area contributed by atoms with Gasteiger partial charge in [0.2, 0.25) is 0 Å². The molecular weight excluding hydrogens is 328 g/mol. The second-order valence-electron chi connectivity index (χ2n) is 4.43. The number of halogens is 1. The summed E-state index contributed by atoms with van der Waals surface area (Å²) in [5.74, 6) is 0. The number of rotatable bonds is 3. The van der Waals surface area contributed by atoms with E-state index >= 15 is 0 Å². The minimum absolute atomic E-state index is 1.16. The van der Waals surface area contributed by atoms with Gasteiger partial charge in [0.15, 0.2) is 0 Å². The van der Waals surface area contributed by atoms with Crippen LogP contribution in [-0.2, 0) is 0 Å². The van der Waals surface area contributed by atoms with Crippen LogP contribution in [-0.4, -0.2) is 0 Å². The van der Waals surface area contributed by atoms with E-state index in [4.69, 9.17) is 0 Å². The van der Waals surface area contributed by atoms with Gasteiger partial charge < -0.3 is 0 Å². The van der Waals surface area contributed by atoms with Gasteiger partial charge in [-0.25, -0.2) is 0 Å². The molecule has 2 heteroatoms. The van der Waals surface area contributed by atoms with Crippen LogP contribution in [0, 0.1) is 0 Å². The van der Waals surface area contributed by atoms with Crippen LogP contribution in [0.4, 0.5) is 0 Å². The van der Waals surface area contributed by atoms with Crippen molar-refractivity contribution in [3.05, 3.63) is 92.6 Å². The Balaban J connectivity index is 2.11. The minimum atomic E-state index is 1.16. The van der Waals surface area contributed by atoms with Gasteiger partial charge in [0.1, 0.15) is 0 Å². The summed E-state index contributed by atoms with van der Waals surface area (Å²) in [6.45, 7) is 0. The maximum Gasteiger partial charge on any atom is 0.0704 e. The fraction of sp³-hybridized carbons (Fsp3) is 0. The van der Waals surface area contributed by atoms with Crippen molar-refractivity contribution in [1.82, 2.24) is 0 Å². The van der Waals surface area contributed by atoms with Gasteiger partial charge in [-0.05, 0) is 50.8 Å². The number of hydrogen-bond donors (Lipinski definition) is 0. The Morgan fingerprint density at radius 1 is 0.750 bits per heavy atom. The van der Waals surface area contributed by atoms with Gasteiger partial charge in [0, 0.05) is 4.88 Å². The molecule has 0 radical (unpaired) electrons. The molecule has 0 aliphatic heterocycles. The molecule has 0 saturated carbocycles. The van der Waals surface area contributed by atoms with Crippen LogP contribution >= 0.6 is 27.3 Å².